The number of benzene rings is 1. The molecule has 0 unspecified atom stereocenters. The van der Waals surface area contributed by atoms with Gasteiger partial charge in [-0.05, 0) is 42.5 Å². The van der Waals surface area contributed by atoms with Gasteiger partial charge in [-0.25, -0.2) is 0 Å². The number of amides is 1. The average molecular weight is 303 g/mol. The maximum atomic E-state index is 12.1. The second kappa shape index (κ2) is 7.84. The summed E-state index contributed by atoms with van der Waals surface area (Å²) in [5, 5.41) is 2.05. The second-order valence-electron chi connectivity index (χ2n) is 4.91. The first-order valence-electron chi connectivity index (χ1n) is 7.17. The van der Waals surface area contributed by atoms with Crippen LogP contribution in [0.1, 0.15) is 23.8 Å². The van der Waals surface area contributed by atoms with Crippen LogP contribution in [0.3, 0.4) is 0 Å². The Morgan fingerprint density at radius 3 is 2.62 bits per heavy atom. The quantitative estimate of drug-likeness (QED) is 0.780. The fraction of sp³-hybridized carbons (Fsp3) is 0.353. The molecule has 0 aliphatic rings. The Hall–Kier alpha value is -1.81. The molecule has 0 saturated heterocycles. The van der Waals surface area contributed by atoms with Crippen LogP contribution in [0.5, 0.6) is 5.75 Å². The zero-order chi connectivity index (χ0) is 15.1. The summed E-state index contributed by atoms with van der Waals surface area (Å²) in [6.07, 6.45) is 1.39. The molecule has 0 aliphatic carbocycles. The molecule has 2 aromatic rings. The van der Waals surface area contributed by atoms with E-state index in [1.54, 1.807) is 16.2 Å². The van der Waals surface area contributed by atoms with Crippen LogP contribution in [0.25, 0.3) is 0 Å². The number of hydrogen-bond acceptors (Lipinski definition) is 3. The van der Waals surface area contributed by atoms with Gasteiger partial charge in [-0.2, -0.15) is 0 Å². The monoisotopic (exact) mass is 303 g/mol. The Balaban J connectivity index is 1.82. The zero-order valence-corrected chi connectivity index (χ0v) is 13.4. The molecule has 1 aromatic carbocycles. The number of carbonyl (C=O) groups excluding carboxylic acids is 1. The van der Waals surface area contributed by atoms with E-state index in [-0.39, 0.29) is 5.91 Å². The average Bonchev–Trinajstić information content (AvgIpc) is 3.00. The number of nitrogens with zero attached hydrogens (tertiary/aromatic N) is 1. The third-order valence-electron chi connectivity index (χ3n) is 3.25. The van der Waals surface area contributed by atoms with Crippen LogP contribution in [-0.4, -0.2) is 24.5 Å². The van der Waals surface area contributed by atoms with Crippen molar-refractivity contribution in [1.29, 1.82) is 0 Å². The lowest BCUT2D eigenvalue weighted by Crippen LogP contribution is -2.26. The molecule has 3 nitrogen and oxygen atoms in total. The van der Waals surface area contributed by atoms with Gasteiger partial charge in [0.1, 0.15) is 5.75 Å². The van der Waals surface area contributed by atoms with Gasteiger partial charge in [-0.1, -0.05) is 18.2 Å². The fourth-order valence-electron chi connectivity index (χ4n) is 2.10. The Morgan fingerprint density at radius 1 is 1.24 bits per heavy atom. The lowest BCUT2D eigenvalue weighted by atomic mass is 10.2. The van der Waals surface area contributed by atoms with Crippen molar-refractivity contribution < 1.29 is 9.53 Å². The van der Waals surface area contributed by atoms with Crippen LogP contribution in [0.4, 0.5) is 0 Å². The lowest BCUT2D eigenvalue weighted by molar-refractivity contribution is -0.130. The first-order chi connectivity index (χ1) is 10.2. The summed E-state index contributed by atoms with van der Waals surface area (Å²) in [5.41, 5.74) is 1.12. The topological polar surface area (TPSA) is 29.5 Å². The molecule has 2 rings (SSSR count). The van der Waals surface area contributed by atoms with Crippen LogP contribution in [0.2, 0.25) is 0 Å². The summed E-state index contributed by atoms with van der Waals surface area (Å²) in [7, 11) is 1.85. The van der Waals surface area contributed by atoms with Crippen LogP contribution >= 0.6 is 11.3 Å². The SMILES string of the molecule is CCOc1ccc(CN(C)C(=O)CCc2cccs2)cc1. The number of aryl methyl sites for hydroxylation is 1. The van der Waals surface area contributed by atoms with E-state index < -0.39 is 0 Å². The van der Waals surface area contributed by atoms with Gasteiger partial charge in [0.2, 0.25) is 5.91 Å². The number of thiophene rings is 1. The summed E-state index contributed by atoms with van der Waals surface area (Å²) in [6.45, 7) is 3.27. The molecule has 1 aromatic heterocycles. The van der Waals surface area contributed by atoms with E-state index in [4.69, 9.17) is 4.74 Å². The first kappa shape index (κ1) is 15.6. The molecule has 0 fully saturated rings. The predicted octanol–water partition coefficient (Wildman–Crippen LogP) is 3.74. The summed E-state index contributed by atoms with van der Waals surface area (Å²) < 4.78 is 5.41. The minimum atomic E-state index is 0.178. The van der Waals surface area contributed by atoms with Gasteiger partial charge >= 0.3 is 0 Å². The van der Waals surface area contributed by atoms with Crippen molar-refractivity contribution in [2.75, 3.05) is 13.7 Å². The van der Waals surface area contributed by atoms with Gasteiger partial charge in [0.15, 0.2) is 0 Å². The van der Waals surface area contributed by atoms with Crippen LogP contribution in [-0.2, 0) is 17.8 Å². The molecule has 0 N–H and O–H groups in total. The molecule has 112 valence electrons. The lowest BCUT2D eigenvalue weighted by Gasteiger charge is -2.17. The number of ether oxygens (including phenoxy) is 1. The molecular formula is C17H21NO2S. The largest absolute Gasteiger partial charge is 0.494 e. The zero-order valence-electron chi connectivity index (χ0n) is 12.5. The molecule has 21 heavy (non-hydrogen) atoms. The molecule has 0 radical (unpaired) electrons. The Morgan fingerprint density at radius 2 is 2.00 bits per heavy atom. The van der Waals surface area contributed by atoms with Gasteiger partial charge in [-0.15, -0.1) is 11.3 Å². The van der Waals surface area contributed by atoms with Gasteiger partial charge in [-0.3, -0.25) is 4.79 Å². The molecule has 0 atom stereocenters. The number of hydrogen-bond donors (Lipinski definition) is 0. The van der Waals surface area contributed by atoms with Crippen molar-refractivity contribution in [1.82, 2.24) is 4.90 Å². The minimum absolute atomic E-state index is 0.178. The van der Waals surface area contributed by atoms with E-state index in [2.05, 4.69) is 6.07 Å². The van der Waals surface area contributed by atoms with E-state index in [9.17, 15) is 4.79 Å². The second-order valence-corrected chi connectivity index (χ2v) is 5.94. The number of rotatable bonds is 7. The van der Waals surface area contributed by atoms with Crippen molar-refractivity contribution in [3.8, 4) is 5.75 Å². The van der Waals surface area contributed by atoms with Crippen molar-refractivity contribution in [3.63, 3.8) is 0 Å². The molecule has 1 amide bonds. The van der Waals surface area contributed by atoms with E-state index in [0.29, 0.717) is 19.6 Å². The Bertz CT molecular complexity index is 549. The fourth-order valence-corrected chi connectivity index (χ4v) is 2.80. The van der Waals surface area contributed by atoms with Crippen molar-refractivity contribution in [2.45, 2.75) is 26.3 Å². The smallest absolute Gasteiger partial charge is 0.222 e. The molecule has 1 heterocycles. The summed E-state index contributed by atoms with van der Waals surface area (Å²) in [6, 6.07) is 12.0. The minimum Gasteiger partial charge on any atom is -0.494 e. The molecule has 0 spiro atoms. The van der Waals surface area contributed by atoms with E-state index >= 15 is 0 Å². The highest BCUT2D eigenvalue weighted by atomic mass is 32.1. The standard InChI is InChI=1S/C17H21NO2S/c1-3-20-15-8-6-14(7-9-15)13-18(2)17(19)11-10-16-5-4-12-21-16/h4-9,12H,3,10-11,13H2,1-2H3. The van der Waals surface area contributed by atoms with Crippen molar-refractivity contribution in [2.24, 2.45) is 0 Å². The van der Waals surface area contributed by atoms with E-state index in [1.807, 2.05) is 49.7 Å². The molecular weight excluding hydrogens is 282 g/mol. The van der Waals surface area contributed by atoms with Crippen LogP contribution in [0.15, 0.2) is 41.8 Å². The Kier molecular flexibility index (Phi) is 5.81. The summed E-state index contributed by atoms with van der Waals surface area (Å²) in [4.78, 5) is 15.2. The Labute approximate surface area is 130 Å². The van der Waals surface area contributed by atoms with E-state index in [0.717, 1.165) is 17.7 Å². The van der Waals surface area contributed by atoms with Crippen LogP contribution in [0, 0.1) is 0 Å². The predicted molar refractivity (Wildman–Crippen MR) is 86.7 cm³/mol. The molecule has 0 saturated carbocycles. The number of carbonyl (C=O) groups is 1. The highest BCUT2D eigenvalue weighted by molar-refractivity contribution is 7.09. The van der Waals surface area contributed by atoms with Crippen molar-refractivity contribution in [3.05, 3.63) is 52.2 Å². The van der Waals surface area contributed by atoms with Crippen molar-refractivity contribution >= 4 is 17.2 Å². The van der Waals surface area contributed by atoms with Crippen LogP contribution < -0.4 is 4.74 Å². The molecule has 4 heteroatoms. The van der Waals surface area contributed by atoms with Gasteiger partial charge in [0.25, 0.3) is 0 Å². The van der Waals surface area contributed by atoms with Gasteiger partial charge < -0.3 is 9.64 Å². The third kappa shape index (κ3) is 4.90. The normalized spacial score (nSPS) is 10.4. The summed E-state index contributed by atoms with van der Waals surface area (Å²) in [5.74, 6) is 1.05. The molecule has 0 aliphatic heterocycles. The highest BCUT2D eigenvalue weighted by Crippen LogP contribution is 2.15. The van der Waals surface area contributed by atoms with E-state index in [1.165, 1.54) is 4.88 Å². The maximum absolute atomic E-state index is 12.1. The highest BCUT2D eigenvalue weighted by Gasteiger charge is 2.10. The molecule has 0 bridgehead atoms. The summed E-state index contributed by atoms with van der Waals surface area (Å²) >= 11 is 1.70. The first-order valence-corrected chi connectivity index (χ1v) is 8.05. The third-order valence-corrected chi connectivity index (χ3v) is 4.18. The maximum Gasteiger partial charge on any atom is 0.222 e. The van der Waals surface area contributed by atoms with Gasteiger partial charge in [0, 0.05) is 24.9 Å². The van der Waals surface area contributed by atoms with Gasteiger partial charge in [0.05, 0.1) is 6.61 Å².